The molecule has 0 fully saturated rings. The fraction of sp³-hybridized carbons (Fsp3) is 0.163. The fourth-order valence-corrected chi connectivity index (χ4v) is 5.89. The van der Waals surface area contributed by atoms with Gasteiger partial charge in [-0.15, -0.1) is 0 Å². The molecule has 0 atom stereocenters. The van der Waals surface area contributed by atoms with Gasteiger partial charge >= 0.3 is 0 Å². The van der Waals surface area contributed by atoms with Crippen LogP contribution in [0.3, 0.4) is 0 Å². The number of nitrogens with zero attached hydrogens (tertiary/aromatic N) is 2. The molecule has 0 aliphatic heterocycles. The summed E-state index contributed by atoms with van der Waals surface area (Å²) in [7, 11) is 0. The Bertz CT molecular complexity index is 1620. The molecular weight excluding hydrogens is 544 g/mol. The van der Waals surface area contributed by atoms with Crippen LogP contribution in [0.25, 0.3) is 0 Å². The van der Waals surface area contributed by atoms with E-state index in [0.717, 1.165) is 34.1 Å². The van der Waals surface area contributed by atoms with Crippen molar-refractivity contribution in [1.82, 2.24) is 0 Å². The van der Waals surface area contributed by atoms with Gasteiger partial charge in [0.15, 0.2) is 0 Å². The van der Waals surface area contributed by atoms with E-state index in [9.17, 15) is 0 Å². The molecule has 45 heavy (non-hydrogen) atoms. The predicted molar refractivity (Wildman–Crippen MR) is 193 cm³/mol. The molecule has 0 N–H and O–H groups in total. The normalized spacial score (nSPS) is 11.3. The van der Waals surface area contributed by atoms with Gasteiger partial charge in [-0.2, -0.15) is 0 Å². The highest BCUT2D eigenvalue weighted by atomic mass is 15.1. The van der Waals surface area contributed by atoms with Crippen LogP contribution >= 0.6 is 0 Å². The van der Waals surface area contributed by atoms with Gasteiger partial charge in [0.25, 0.3) is 0 Å². The molecule has 6 aromatic rings. The van der Waals surface area contributed by atoms with Crippen LogP contribution < -0.4 is 9.80 Å². The third-order valence-corrected chi connectivity index (χ3v) is 8.86. The highest BCUT2D eigenvalue weighted by Gasteiger charge is 2.24. The van der Waals surface area contributed by atoms with Crippen LogP contribution in [0.15, 0.2) is 146 Å². The average molecular weight is 587 g/mol. The largest absolute Gasteiger partial charge is 0.311 e. The molecule has 0 saturated carbocycles. The van der Waals surface area contributed by atoms with Gasteiger partial charge < -0.3 is 9.80 Å². The molecule has 0 radical (unpaired) electrons. The Balaban J connectivity index is 1.31. The standard InChI is InChI=1S/C43H42N2/c1-31-7-19-37(20-8-31)44(38-21-9-32(2)10-22-38)41-27-15-35(16-28-41)43(5,6)36-17-29-42(30-18-36)45(39-23-11-33(3)12-24-39)40-25-13-34(4)14-26-40/h7-30H,1-6H3. The number of hydrogen-bond acceptors (Lipinski definition) is 2. The summed E-state index contributed by atoms with van der Waals surface area (Å²) in [5.41, 5.74) is 14.3. The summed E-state index contributed by atoms with van der Waals surface area (Å²) in [6, 6.07) is 53.1. The smallest absolute Gasteiger partial charge is 0.0461 e. The molecule has 224 valence electrons. The second kappa shape index (κ2) is 12.5. The SMILES string of the molecule is Cc1ccc(N(c2ccc(C)cc2)c2ccc(C(C)(C)c3ccc(N(c4ccc(C)cc4)c4ccc(C)cc4)cc3)cc2)cc1. The van der Waals surface area contributed by atoms with Gasteiger partial charge in [-0.05, 0) is 112 Å². The Morgan fingerprint density at radius 1 is 0.289 bits per heavy atom. The summed E-state index contributed by atoms with van der Waals surface area (Å²) in [5.74, 6) is 0. The van der Waals surface area contributed by atoms with Crippen LogP contribution in [0.2, 0.25) is 0 Å². The van der Waals surface area contributed by atoms with E-state index in [-0.39, 0.29) is 5.41 Å². The Morgan fingerprint density at radius 2 is 0.467 bits per heavy atom. The molecule has 6 rings (SSSR count). The minimum atomic E-state index is -0.172. The first-order valence-electron chi connectivity index (χ1n) is 15.8. The molecule has 0 aliphatic rings. The molecule has 2 nitrogen and oxygen atoms in total. The summed E-state index contributed by atoms with van der Waals surface area (Å²) in [6.45, 7) is 13.1. The first-order chi connectivity index (χ1) is 21.7. The number of aryl methyl sites for hydroxylation is 4. The molecule has 6 aromatic carbocycles. The van der Waals surface area contributed by atoms with E-state index in [1.54, 1.807) is 0 Å². The lowest BCUT2D eigenvalue weighted by molar-refractivity contribution is 0.641. The monoisotopic (exact) mass is 586 g/mol. The summed E-state index contributed by atoms with van der Waals surface area (Å²) in [5, 5.41) is 0. The van der Waals surface area contributed by atoms with Crippen LogP contribution in [-0.4, -0.2) is 0 Å². The van der Waals surface area contributed by atoms with Crippen molar-refractivity contribution in [2.45, 2.75) is 47.0 Å². The molecule has 0 heterocycles. The lowest BCUT2D eigenvalue weighted by atomic mass is 9.78. The Labute approximate surface area is 269 Å². The number of hydrogen-bond donors (Lipinski definition) is 0. The molecular formula is C43H42N2. The predicted octanol–water partition coefficient (Wildman–Crippen LogP) is 12.2. The van der Waals surface area contributed by atoms with Crippen molar-refractivity contribution in [2.24, 2.45) is 0 Å². The number of rotatable bonds is 8. The maximum Gasteiger partial charge on any atom is 0.0461 e. The molecule has 0 spiro atoms. The zero-order valence-electron chi connectivity index (χ0n) is 27.3. The lowest BCUT2D eigenvalue weighted by Crippen LogP contribution is -2.19. The van der Waals surface area contributed by atoms with E-state index in [2.05, 4.69) is 197 Å². The maximum atomic E-state index is 2.33. The molecule has 0 bridgehead atoms. The van der Waals surface area contributed by atoms with Crippen LogP contribution in [-0.2, 0) is 5.41 Å². The third kappa shape index (κ3) is 6.42. The second-order valence-corrected chi connectivity index (χ2v) is 12.7. The van der Waals surface area contributed by atoms with E-state index in [1.807, 2.05) is 0 Å². The van der Waals surface area contributed by atoms with Gasteiger partial charge in [0.2, 0.25) is 0 Å². The molecule has 0 aromatic heterocycles. The fourth-order valence-electron chi connectivity index (χ4n) is 5.89. The van der Waals surface area contributed by atoms with Crippen molar-refractivity contribution in [3.63, 3.8) is 0 Å². The summed E-state index contributed by atoms with van der Waals surface area (Å²) in [4.78, 5) is 4.66. The van der Waals surface area contributed by atoms with Crippen molar-refractivity contribution < 1.29 is 0 Å². The van der Waals surface area contributed by atoms with Gasteiger partial charge in [-0.25, -0.2) is 0 Å². The van der Waals surface area contributed by atoms with E-state index >= 15 is 0 Å². The van der Waals surface area contributed by atoms with E-state index < -0.39 is 0 Å². The lowest BCUT2D eigenvalue weighted by Gasteiger charge is -2.30. The molecule has 2 heteroatoms. The summed E-state index contributed by atoms with van der Waals surface area (Å²) >= 11 is 0. The highest BCUT2D eigenvalue weighted by Crippen LogP contribution is 2.40. The molecule has 0 unspecified atom stereocenters. The van der Waals surface area contributed by atoms with Crippen LogP contribution in [0.1, 0.15) is 47.2 Å². The zero-order valence-corrected chi connectivity index (χ0v) is 27.3. The van der Waals surface area contributed by atoms with Gasteiger partial charge in [-0.3, -0.25) is 0 Å². The molecule has 0 saturated heterocycles. The van der Waals surface area contributed by atoms with Gasteiger partial charge in [0.05, 0.1) is 0 Å². The van der Waals surface area contributed by atoms with E-state index in [0.29, 0.717) is 0 Å². The number of anilines is 6. The minimum absolute atomic E-state index is 0.172. The maximum absolute atomic E-state index is 2.33. The third-order valence-electron chi connectivity index (χ3n) is 8.86. The average Bonchev–Trinajstić information content (AvgIpc) is 3.05. The first-order valence-corrected chi connectivity index (χ1v) is 15.8. The Morgan fingerprint density at radius 3 is 0.667 bits per heavy atom. The van der Waals surface area contributed by atoms with Crippen molar-refractivity contribution in [2.75, 3.05) is 9.80 Å². The van der Waals surface area contributed by atoms with Gasteiger partial charge in [0.1, 0.15) is 0 Å². The Kier molecular flexibility index (Phi) is 8.32. The molecule has 0 aliphatic carbocycles. The van der Waals surface area contributed by atoms with Crippen LogP contribution in [0.4, 0.5) is 34.1 Å². The summed E-state index contributed by atoms with van der Waals surface area (Å²) in [6.07, 6.45) is 0. The quantitative estimate of drug-likeness (QED) is 0.175. The summed E-state index contributed by atoms with van der Waals surface area (Å²) < 4.78 is 0. The van der Waals surface area contributed by atoms with Crippen molar-refractivity contribution >= 4 is 34.1 Å². The van der Waals surface area contributed by atoms with Crippen molar-refractivity contribution in [3.05, 3.63) is 179 Å². The molecule has 0 amide bonds. The highest BCUT2D eigenvalue weighted by molar-refractivity contribution is 5.78. The van der Waals surface area contributed by atoms with Gasteiger partial charge in [-0.1, -0.05) is 109 Å². The van der Waals surface area contributed by atoms with E-state index in [1.165, 1.54) is 33.4 Å². The Hall–Kier alpha value is -5.08. The van der Waals surface area contributed by atoms with Crippen molar-refractivity contribution in [3.8, 4) is 0 Å². The topological polar surface area (TPSA) is 6.48 Å². The minimum Gasteiger partial charge on any atom is -0.311 e. The van der Waals surface area contributed by atoms with Gasteiger partial charge in [0, 0.05) is 39.5 Å². The first kappa shape index (κ1) is 30.0. The van der Waals surface area contributed by atoms with Crippen LogP contribution in [0, 0.1) is 27.7 Å². The van der Waals surface area contributed by atoms with Crippen molar-refractivity contribution in [1.29, 1.82) is 0 Å². The van der Waals surface area contributed by atoms with Crippen LogP contribution in [0.5, 0.6) is 0 Å². The second-order valence-electron chi connectivity index (χ2n) is 12.7. The number of benzene rings is 6. The van der Waals surface area contributed by atoms with E-state index in [4.69, 9.17) is 0 Å². The zero-order chi connectivity index (χ0) is 31.6.